The first kappa shape index (κ1) is 18.0. The zero-order valence-electron chi connectivity index (χ0n) is 14.8. The van der Waals surface area contributed by atoms with Crippen LogP contribution < -0.4 is 5.69 Å². The van der Waals surface area contributed by atoms with Crippen LogP contribution in [0.3, 0.4) is 0 Å². The summed E-state index contributed by atoms with van der Waals surface area (Å²) in [5.41, 5.74) is -0.141. The molecule has 0 saturated carbocycles. The zero-order chi connectivity index (χ0) is 19.9. The standard InChI is InChI=1S/C19H16F3N5O/c1-12(8-17-23-11-24-25-17)13-4-2-5-14(9-13)27-10-16-15(19(20,21)22)6-3-7-26(16)18(27)28/h2-7,9-12H,8H2,1H3,(H,23,24,25)/t12-/m0/s1. The van der Waals surface area contributed by atoms with E-state index in [1.807, 2.05) is 13.0 Å². The molecule has 0 bridgehead atoms. The SMILES string of the molecule is C[C@@H](Cc1ncn[nH]1)c1cccc(-n2cc3c(C(F)(F)F)cccn3c2=O)c1. The molecule has 3 heterocycles. The lowest BCUT2D eigenvalue weighted by atomic mass is 9.97. The molecular weight excluding hydrogens is 371 g/mol. The third-order valence-corrected chi connectivity index (χ3v) is 4.68. The molecule has 1 atom stereocenters. The van der Waals surface area contributed by atoms with Crippen molar-refractivity contribution in [3.8, 4) is 5.69 Å². The highest BCUT2D eigenvalue weighted by Crippen LogP contribution is 2.32. The molecule has 0 aliphatic carbocycles. The molecule has 9 heteroatoms. The predicted octanol–water partition coefficient (Wildman–Crippen LogP) is 3.57. The zero-order valence-corrected chi connectivity index (χ0v) is 14.8. The van der Waals surface area contributed by atoms with Crippen LogP contribution in [0.4, 0.5) is 13.2 Å². The molecule has 4 aromatic rings. The van der Waals surface area contributed by atoms with Gasteiger partial charge in [-0.25, -0.2) is 9.78 Å². The van der Waals surface area contributed by atoms with Crippen molar-refractivity contribution in [3.63, 3.8) is 0 Å². The lowest BCUT2D eigenvalue weighted by Gasteiger charge is -2.12. The van der Waals surface area contributed by atoms with E-state index in [1.54, 1.807) is 18.2 Å². The number of hydrogen-bond donors (Lipinski definition) is 1. The van der Waals surface area contributed by atoms with Gasteiger partial charge in [0.1, 0.15) is 12.2 Å². The number of alkyl halides is 3. The fourth-order valence-corrected chi connectivity index (χ4v) is 3.26. The molecule has 0 amide bonds. The van der Waals surface area contributed by atoms with Crippen molar-refractivity contribution < 1.29 is 13.2 Å². The van der Waals surface area contributed by atoms with Crippen molar-refractivity contribution in [1.82, 2.24) is 24.1 Å². The fourth-order valence-electron chi connectivity index (χ4n) is 3.26. The highest BCUT2D eigenvalue weighted by atomic mass is 19.4. The molecule has 0 aliphatic heterocycles. The normalized spacial score (nSPS) is 13.1. The minimum absolute atomic E-state index is 0.0753. The van der Waals surface area contributed by atoms with Gasteiger partial charge >= 0.3 is 11.9 Å². The minimum atomic E-state index is -4.54. The molecule has 1 aromatic carbocycles. The summed E-state index contributed by atoms with van der Waals surface area (Å²) in [5.74, 6) is 0.811. The van der Waals surface area contributed by atoms with Crippen LogP contribution in [0.5, 0.6) is 0 Å². The summed E-state index contributed by atoms with van der Waals surface area (Å²) in [6.07, 6.45) is 0.0705. The van der Waals surface area contributed by atoms with Gasteiger partial charge in [0.2, 0.25) is 0 Å². The van der Waals surface area contributed by atoms with Gasteiger partial charge in [0, 0.05) is 18.8 Å². The number of rotatable bonds is 4. The lowest BCUT2D eigenvalue weighted by molar-refractivity contribution is -0.136. The van der Waals surface area contributed by atoms with Crippen molar-refractivity contribution >= 4 is 5.52 Å². The van der Waals surface area contributed by atoms with Gasteiger partial charge in [-0.3, -0.25) is 14.1 Å². The molecule has 3 aromatic heterocycles. The van der Waals surface area contributed by atoms with Crippen LogP contribution in [0.2, 0.25) is 0 Å². The Hall–Kier alpha value is -3.36. The van der Waals surface area contributed by atoms with Crippen LogP contribution in [-0.4, -0.2) is 24.1 Å². The molecular formula is C19H16F3N5O. The average molecular weight is 387 g/mol. The Bertz CT molecular complexity index is 1170. The summed E-state index contributed by atoms with van der Waals surface area (Å²) >= 11 is 0. The Labute approximate surface area is 157 Å². The summed E-state index contributed by atoms with van der Waals surface area (Å²) in [6, 6.07) is 9.37. The summed E-state index contributed by atoms with van der Waals surface area (Å²) < 4.78 is 42.1. The van der Waals surface area contributed by atoms with Gasteiger partial charge in [0.05, 0.1) is 16.8 Å². The summed E-state index contributed by atoms with van der Waals surface area (Å²) in [5, 5.41) is 6.63. The number of hydrogen-bond acceptors (Lipinski definition) is 3. The third kappa shape index (κ3) is 3.19. The van der Waals surface area contributed by atoms with E-state index in [9.17, 15) is 18.0 Å². The fraction of sp³-hybridized carbons (Fsp3) is 0.211. The molecule has 4 rings (SSSR count). The summed E-state index contributed by atoms with van der Waals surface area (Å²) in [4.78, 5) is 16.8. The molecule has 0 fully saturated rings. The number of aromatic amines is 1. The van der Waals surface area contributed by atoms with E-state index in [0.717, 1.165) is 21.9 Å². The maximum Gasteiger partial charge on any atom is 0.418 e. The minimum Gasteiger partial charge on any atom is -0.267 e. The molecule has 1 N–H and O–H groups in total. The molecule has 6 nitrogen and oxygen atoms in total. The lowest BCUT2D eigenvalue weighted by Crippen LogP contribution is -2.19. The number of H-pyrrole nitrogens is 1. The van der Waals surface area contributed by atoms with Crippen molar-refractivity contribution in [2.45, 2.75) is 25.4 Å². The first-order valence-electron chi connectivity index (χ1n) is 8.59. The van der Waals surface area contributed by atoms with Gasteiger partial charge in [-0.2, -0.15) is 18.3 Å². The third-order valence-electron chi connectivity index (χ3n) is 4.68. The molecule has 28 heavy (non-hydrogen) atoms. The molecule has 0 unspecified atom stereocenters. The van der Waals surface area contributed by atoms with E-state index >= 15 is 0 Å². The first-order chi connectivity index (χ1) is 13.3. The topological polar surface area (TPSA) is 68.0 Å². The number of benzene rings is 1. The van der Waals surface area contributed by atoms with Crippen LogP contribution in [-0.2, 0) is 12.6 Å². The second-order valence-corrected chi connectivity index (χ2v) is 6.59. The van der Waals surface area contributed by atoms with Gasteiger partial charge in [-0.1, -0.05) is 19.1 Å². The monoisotopic (exact) mass is 387 g/mol. The Kier molecular flexibility index (Phi) is 4.29. The second kappa shape index (κ2) is 6.66. The van der Waals surface area contributed by atoms with Crippen molar-refractivity contribution in [2.24, 2.45) is 0 Å². The van der Waals surface area contributed by atoms with Gasteiger partial charge in [-0.15, -0.1) is 0 Å². The van der Waals surface area contributed by atoms with Crippen LogP contribution in [0.25, 0.3) is 11.2 Å². The van der Waals surface area contributed by atoms with Crippen LogP contribution in [0, 0.1) is 0 Å². The predicted molar refractivity (Wildman–Crippen MR) is 96.5 cm³/mol. The summed E-state index contributed by atoms with van der Waals surface area (Å²) in [7, 11) is 0. The summed E-state index contributed by atoms with van der Waals surface area (Å²) in [6.45, 7) is 2.00. The van der Waals surface area contributed by atoms with Crippen molar-refractivity contribution in [3.05, 3.63) is 82.6 Å². The first-order valence-corrected chi connectivity index (χ1v) is 8.59. The maximum absolute atomic E-state index is 13.3. The highest BCUT2D eigenvalue weighted by molar-refractivity contribution is 5.56. The number of fused-ring (bicyclic) bond motifs is 1. The Morgan fingerprint density at radius 1 is 1.21 bits per heavy atom. The number of pyridine rings is 1. The maximum atomic E-state index is 13.3. The molecule has 0 radical (unpaired) electrons. The van der Waals surface area contributed by atoms with E-state index in [4.69, 9.17) is 0 Å². The molecule has 0 spiro atoms. The van der Waals surface area contributed by atoms with Gasteiger partial charge in [-0.05, 0) is 35.7 Å². The Morgan fingerprint density at radius 2 is 2.04 bits per heavy atom. The quantitative estimate of drug-likeness (QED) is 0.582. The van der Waals surface area contributed by atoms with Gasteiger partial charge in [0.15, 0.2) is 0 Å². The number of nitrogens with zero attached hydrogens (tertiary/aromatic N) is 4. The van der Waals surface area contributed by atoms with E-state index in [0.29, 0.717) is 12.1 Å². The van der Waals surface area contributed by atoms with Gasteiger partial charge < -0.3 is 0 Å². The van der Waals surface area contributed by atoms with E-state index in [2.05, 4.69) is 15.2 Å². The van der Waals surface area contributed by atoms with Gasteiger partial charge in [0.25, 0.3) is 0 Å². The van der Waals surface area contributed by atoms with Crippen LogP contribution in [0.1, 0.15) is 29.8 Å². The van der Waals surface area contributed by atoms with Crippen molar-refractivity contribution in [2.75, 3.05) is 0 Å². The molecule has 144 valence electrons. The number of nitrogens with one attached hydrogen (secondary N) is 1. The largest absolute Gasteiger partial charge is 0.418 e. The molecule has 0 aliphatic rings. The van der Waals surface area contributed by atoms with E-state index < -0.39 is 17.4 Å². The van der Waals surface area contributed by atoms with E-state index in [1.165, 1.54) is 29.4 Å². The second-order valence-electron chi connectivity index (χ2n) is 6.59. The number of imidazole rings is 1. The van der Waals surface area contributed by atoms with Crippen LogP contribution >= 0.6 is 0 Å². The van der Waals surface area contributed by atoms with Crippen molar-refractivity contribution in [1.29, 1.82) is 0 Å². The number of aromatic nitrogens is 5. The van der Waals surface area contributed by atoms with E-state index in [-0.39, 0.29) is 11.4 Å². The number of halogens is 3. The highest BCUT2D eigenvalue weighted by Gasteiger charge is 2.33. The Balaban J connectivity index is 1.76. The van der Waals surface area contributed by atoms with Crippen LogP contribution in [0.15, 0.2) is 59.9 Å². The average Bonchev–Trinajstić information content (AvgIpc) is 3.29. The smallest absolute Gasteiger partial charge is 0.267 e. The molecule has 0 saturated heterocycles. The Morgan fingerprint density at radius 3 is 2.75 bits per heavy atom.